The van der Waals surface area contributed by atoms with Crippen molar-refractivity contribution in [3.8, 4) is 11.1 Å². The highest BCUT2D eigenvalue weighted by atomic mass is 35.5. The summed E-state index contributed by atoms with van der Waals surface area (Å²) in [7, 11) is 0. The molecule has 4 aromatic rings. The number of halogens is 2. The molecule has 1 aliphatic heterocycles. The maximum Gasteiger partial charge on any atom is 0.227 e. The topological polar surface area (TPSA) is 72.0 Å². The van der Waals surface area contributed by atoms with E-state index in [2.05, 4.69) is 25.6 Å². The van der Waals surface area contributed by atoms with E-state index in [4.69, 9.17) is 16.3 Å². The molecule has 31 heavy (non-hydrogen) atoms. The number of para-hydroxylation sites is 1. The highest BCUT2D eigenvalue weighted by Gasteiger charge is 2.17. The first kappa shape index (κ1) is 19.8. The van der Waals surface area contributed by atoms with Gasteiger partial charge in [0.2, 0.25) is 5.95 Å². The summed E-state index contributed by atoms with van der Waals surface area (Å²) in [6.07, 6.45) is 3.39. The molecule has 0 saturated carbocycles. The molecule has 8 heteroatoms. The molecule has 156 valence electrons. The second-order valence-corrected chi connectivity index (χ2v) is 7.66. The number of benzene rings is 2. The van der Waals surface area contributed by atoms with Crippen LogP contribution in [0.4, 0.5) is 16.0 Å². The molecule has 0 amide bonds. The van der Waals surface area contributed by atoms with Crippen molar-refractivity contribution in [2.45, 2.75) is 6.10 Å². The highest BCUT2D eigenvalue weighted by Crippen LogP contribution is 2.31. The minimum Gasteiger partial charge on any atom is -0.369 e. The Kier molecular flexibility index (Phi) is 5.46. The first-order chi connectivity index (χ1) is 15.2. The lowest BCUT2D eigenvalue weighted by Crippen LogP contribution is -2.33. The molecule has 1 atom stereocenters. The molecule has 2 aromatic heterocycles. The van der Waals surface area contributed by atoms with Gasteiger partial charge in [0.1, 0.15) is 11.9 Å². The van der Waals surface area contributed by atoms with E-state index in [0.29, 0.717) is 34.2 Å². The van der Waals surface area contributed by atoms with Gasteiger partial charge in [-0.3, -0.25) is 4.98 Å². The Labute approximate surface area is 183 Å². The lowest BCUT2D eigenvalue weighted by Gasteiger charge is -2.23. The Hall–Kier alpha value is -3.13. The summed E-state index contributed by atoms with van der Waals surface area (Å²) in [4.78, 5) is 13.5. The number of morpholine rings is 1. The Morgan fingerprint density at radius 1 is 1.06 bits per heavy atom. The highest BCUT2D eigenvalue weighted by molar-refractivity contribution is 6.30. The van der Waals surface area contributed by atoms with Crippen LogP contribution in [0.2, 0.25) is 5.02 Å². The number of rotatable bonds is 4. The van der Waals surface area contributed by atoms with E-state index in [1.807, 2.05) is 30.3 Å². The van der Waals surface area contributed by atoms with Crippen molar-refractivity contribution in [3.63, 3.8) is 0 Å². The molecule has 2 aromatic carbocycles. The number of nitrogens with zero attached hydrogens (tertiary/aromatic N) is 3. The van der Waals surface area contributed by atoms with Crippen molar-refractivity contribution < 1.29 is 9.13 Å². The van der Waals surface area contributed by atoms with Gasteiger partial charge in [-0.1, -0.05) is 29.8 Å². The van der Waals surface area contributed by atoms with E-state index in [0.717, 1.165) is 29.9 Å². The van der Waals surface area contributed by atoms with Gasteiger partial charge in [-0.2, -0.15) is 0 Å². The van der Waals surface area contributed by atoms with E-state index in [1.54, 1.807) is 18.5 Å². The first-order valence-corrected chi connectivity index (χ1v) is 10.3. The zero-order valence-electron chi connectivity index (χ0n) is 16.5. The van der Waals surface area contributed by atoms with Crippen LogP contribution in [-0.4, -0.2) is 34.6 Å². The number of anilines is 2. The molecule has 0 aliphatic carbocycles. The summed E-state index contributed by atoms with van der Waals surface area (Å²) in [5.41, 5.74) is 3.30. The van der Waals surface area contributed by atoms with Gasteiger partial charge in [0, 0.05) is 40.8 Å². The van der Waals surface area contributed by atoms with Gasteiger partial charge in [-0.15, -0.1) is 0 Å². The zero-order chi connectivity index (χ0) is 21.2. The third-order valence-corrected chi connectivity index (χ3v) is 5.36. The van der Waals surface area contributed by atoms with Gasteiger partial charge >= 0.3 is 0 Å². The Bertz CT molecular complexity index is 1230. The van der Waals surface area contributed by atoms with Gasteiger partial charge in [0.25, 0.3) is 0 Å². The van der Waals surface area contributed by atoms with Crippen molar-refractivity contribution >= 4 is 34.1 Å². The van der Waals surface area contributed by atoms with E-state index in [1.165, 1.54) is 12.1 Å². The Balaban J connectivity index is 1.45. The van der Waals surface area contributed by atoms with Crippen LogP contribution in [0.5, 0.6) is 0 Å². The molecule has 3 heterocycles. The van der Waals surface area contributed by atoms with E-state index < -0.39 is 0 Å². The molecule has 1 aliphatic rings. The van der Waals surface area contributed by atoms with E-state index >= 15 is 0 Å². The van der Waals surface area contributed by atoms with E-state index in [9.17, 15) is 4.39 Å². The van der Waals surface area contributed by atoms with Crippen molar-refractivity contribution in [1.29, 1.82) is 0 Å². The fourth-order valence-corrected chi connectivity index (χ4v) is 3.76. The standard InChI is InChI=1S/C23H19ClFN5O/c24-15-4-6-19(25)18(10-15)17-3-1-2-14-11-28-23(30-22(14)17)29-16-5-7-20(27-12-16)21-13-26-8-9-31-21/h1-7,10-12,21,26H,8-9,13H2,(H,28,29,30). The summed E-state index contributed by atoms with van der Waals surface area (Å²) in [5.74, 6) is 0.0387. The SMILES string of the molecule is Fc1ccc(Cl)cc1-c1cccc2cnc(Nc3ccc(C4CNCCO4)nc3)nc12. The maximum atomic E-state index is 14.5. The average Bonchev–Trinajstić information content (AvgIpc) is 2.81. The predicted molar refractivity (Wildman–Crippen MR) is 119 cm³/mol. The maximum absolute atomic E-state index is 14.5. The largest absolute Gasteiger partial charge is 0.369 e. The number of pyridine rings is 1. The summed E-state index contributed by atoms with van der Waals surface area (Å²) in [5, 5.41) is 7.73. The van der Waals surface area contributed by atoms with Crippen molar-refractivity contribution in [1.82, 2.24) is 20.3 Å². The van der Waals surface area contributed by atoms with Crippen LogP contribution in [0.25, 0.3) is 22.0 Å². The molecular weight excluding hydrogens is 417 g/mol. The summed E-state index contributed by atoms with van der Waals surface area (Å²) >= 11 is 6.09. The van der Waals surface area contributed by atoms with Gasteiger partial charge < -0.3 is 15.4 Å². The molecule has 0 radical (unpaired) electrons. The summed E-state index contributed by atoms with van der Waals surface area (Å²) in [6.45, 7) is 2.28. The Morgan fingerprint density at radius 2 is 2.00 bits per heavy atom. The number of aromatic nitrogens is 3. The lowest BCUT2D eigenvalue weighted by molar-refractivity contribution is 0.0250. The number of fused-ring (bicyclic) bond motifs is 1. The molecule has 5 rings (SSSR count). The van der Waals surface area contributed by atoms with Crippen molar-refractivity contribution in [2.75, 3.05) is 25.0 Å². The number of ether oxygens (including phenoxy) is 1. The summed E-state index contributed by atoms with van der Waals surface area (Å²) < 4.78 is 20.2. The minimum atomic E-state index is -0.357. The van der Waals surface area contributed by atoms with E-state index in [-0.39, 0.29) is 11.9 Å². The van der Waals surface area contributed by atoms with Crippen molar-refractivity contribution in [3.05, 3.63) is 77.5 Å². The average molecular weight is 436 g/mol. The smallest absolute Gasteiger partial charge is 0.227 e. The second kappa shape index (κ2) is 8.55. The van der Waals surface area contributed by atoms with Crippen LogP contribution in [0.3, 0.4) is 0 Å². The van der Waals surface area contributed by atoms with Gasteiger partial charge in [0.05, 0.1) is 29.7 Å². The predicted octanol–water partition coefficient (Wildman–Crippen LogP) is 4.89. The Morgan fingerprint density at radius 3 is 2.81 bits per heavy atom. The monoisotopic (exact) mass is 435 g/mol. The van der Waals surface area contributed by atoms with Gasteiger partial charge in [0.15, 0.2) is 0 Å². The minimum absolute atomic E-state index is 0.0464. The zero-order valence-corrected chi connectivity index (χ0v) is 17.2. The van der Waals surface area contributed by atoms with Crippen LogP contribution >= 0.6 is 11.6 Å². The molecule has 1 fully saturated rings. The molecule has 0 bridgehead atoms. The second-order valence-electron chi connectivity index (χ2n) is 7.22. The number of nitrogens with one attached hydrogen (secondary N) is 2. The van der Waals surface area contributed by atoms with Crippen molar-refractivity contribution in [2.24, 2.45) is 0 Å². The number of hydrogen-bond donors (Lipinski definition) is 2. The molecule has 6 nitrogen and oxygen atoms in total. The first-order valence-electron chi connectivity index (χ1n) is 9.94. The normalized spacial score (nSPS) is 16.4. The molecule has 1 saturated heterocycles. The molecule has 1 unspecified atom stereocenters. The molecular formula is C23H19ClFN5O. The lowest BCUT2D eigenvalue weighted by atomic mass is 10.0. The molecule has 2 N–H and O–H groups in total. The van der Waals surface area contributed by atoms with Crippen LogP contribution < -0.4 is 10.6 Å². The fourth-order valence-electron chi connectivity index (χ4n) is 3.59. The van der Waals surface area contributed by atoms with Gasteiger partial charge in [-0.25, -0.2) is 14.4 Å². The summed E-state index contributed by atoms with van der Waals surface area (Å²) in [6, 6.07) is 13.9. The molecule has 0 spiro atoms. The third kappa shape index (κ3) is 4.20. The van der Waals surface area contributed by atoms with Crippen LogP contribution in [-0.2, 0) is 4.74 Å². The third-order valence-electron chi connectivity index (χ3n) is 5.13. The van der Waals surface area contributed by atoms with Crippen LogP contribution in [0.1, 0.15) is 11.8 Å². The van der Waals surface area contributed by atoms with Crippen LogP contribution in [0, 0.1) is 5.82 Å². The van der Waals surface area contributed by atoms with Crippen LogP contribution in [0.15, 0.2) is 60.9 Å². The van der Waals surface area contributed by atoms with Gasteiger partial charge in [-0.05, 0) is 30.3 Å². The number of hydrogen-bond acceptors (Lipinski definition) is 6. The fraction of sp³-hybridized carbons (Fsp3) is 0.174. The quantitative estimate of drug-likeness (QED) is 0.475.